The van der Waals surface area contributed by atoms with Crippen LogP contribution in [0.3, 0.4) is 0 Å². The van der Waals surface area contributed by atoms with E-state index in [-0.39, 0.29) is 17.4 Å². The number of nitrogens with one attached hydrogen (secondary N) is 1. The van der Waals surface area contributed by atoms with Crippen LogP contribution in [0.25, 0.3) is 0 Å². The molecular weight excluding hydrogens is 192 g/mol. The molecule has 1 amide bonds. The average Bonchev–Trinajstić information content (AvgIpc) is 2.11. The van der Waals surface area contributed by atoms with Crippen molar-refractivity contribution >= 4 is 5.91 Å². The Kier molecular flexibility index (Phi) is 5.83. The predicted molar refractivity (Wildman–Crippen MR) is 61.5 cm³/mol. The monoisotopic (exact) mass is 216 g/mol. The lowest BCUT2D eigenvalue weighted by atomic mass is 9.87. The summed E-state index contributed by atoms with van der Waals surface area (Å²) in [6.07, 6.45) is 0.805. The molecule has 0 aromatic rings. The molecule has 0 saturated carbocycles. The van der Waals surface area contributed by atoms with Gasteiger partial charge in [-0.2, -0.15) is 0 Å². The summed E-state index contributed by atoms with van der Waals surface area (Å²) >= 11 is 0. The van der Waals surface area contributed by atoms with Crippen molar-refractivity contribution in [2.45, 2.75) is 46.2 Å². The molecule has 90 valence electrons. The third kappa shape index (κ3) is 5.74. The van der Waals surface area contributed by atoms with E-state index >= 15 is 0 Å². The molecule has 0 heterocycles. The molecule has 0 fully saturated rings. The standard InChI is InChI=1S/C11H24N2O2/c1-8(6-7-15-5)13-10(14)9(12)11(2,3)4/h8-9H,6-7,12H2,1-5H3,(H,13,14). The lowest BCUT2D eigenvalue weighted by molar-refractivity contribution is -0.125. The summed E-state index contributed by atoms with van der Waals surface area (Å²) in [5.74, 6) is -0.0916. The Morgan fingerprint density at radius 2 is 2.00 bits per heavy atom. The molecule has 4 heteroatoms. The summed E-state index contributed by atoms with van der Waals surface area (Å²) < 4.78 is 4.94. The van der Waals surface area contributed by atoms with Crippen molar-refractivity contribution in [2.75, 3.05) is 13.7 Å². The molecule has 0 spiro atoms. The van der Waals surface area contributed by atoms with E-state index in [1.807, 2.05) is 27.7 Å². The number of hydrogen-bond acceptors (Lipinski definition) is 3. The predicted octanol–water partition coefficient (Wildman–Crippen LogP) is 0.901. The van der Waals surface area contributed by atoms with Crippen molar-refractivity contribution in [3.05, 3.63) is 0 Å². The Labute approximate surface area is 92.6 Å². The van der Waals surface area contributed by atoms with E-state index in [0.29, 0.717) is 6.61 Å². The molecule has 0 rings (SSSR count). The highest BCUT2D eigenvalue weighted by Crippen LogP contribution is 2.17. The van der Waals surface area contributed by atoms with E-state index < -0.39 is 6.04 Å². The fraction of sp³-hybridized carbons (Fsp3) is 0.909. The minimum atomic E-state index is -0.470. The van der Waals surface area contributed by atoms with Crippen LogP contribution in [-0.4, -0.2) is 31.7 Å². The maximum absolute atomic E-state index is 11.7. The van der Waals surface area contributed by atoms with Gasteiger partial charge in [-0.3, -0.25) is 4.79 Å². The van der Waals surface area contributed by atoms with Crippen LogP contribution in [0.5, 0.6) is 0 Å². The van der Waals surface area contributed by atoms with Crippen LogP contribution in [-0.2, 0) is 9.53 Å². The van der Waals surface area contributed by atoms with Gasteiger partial charge in [-0.1, -0.05) is 20.8 Å². The lowest BCUT2D eigenvalue weighted by Gasteiger charge is -2.27. The van der Waals surface area contributed by atoms with Gasteiger partial charge in [0.1, 0.15) is 0 Å². The minimum Gasteiger partial charge on any atom is -0.385 e. The van der Waals surface area contributed by atoms with Crippen molar-refractivity contribution in [3.63, 3.8) is 0 Å². The Morgan fingerprint density at radius 1 is 1.47 bits per heavy atom. The Bertz CT molecular complexity index is 199. The fourth-order valence-corrected chi connectivity index (χ4v) is 1.09. The molecule has 2 unspecified atom stereocenters. The summed E-state index contributed by atoms with van der Waals surface area (Å²) in [6.45, 7) is 8.46. The zero-order chi connectivity index (χ0) is 12.1. The minimum absolute atomic E-state index is 0.0916. The first-order chi connectivity index (χ1) is 6.79. The van der Waals surface area contributed by atoms with Gasteiger partial charge in [-0.15, -0.1) is 0 Å². The summed E-state index contributed by atoms with van der Waals surface area (Å²) in [7, 11) is 1.65. The number of amides is 1. The highest BCUT2D eigenvalue weighted by atomic mass is 16.5. The highest BCUT2D eigenvalue weighted by Gasteiger charge is 2.27. The smallest absolute Gasteiger partial charge is 0.237 e. The van der Waals surface area contributed by atoms with Crippen LogP contribution in [0, 0.1) is 5.41 Å². The first-order valence-electron chi connectivity index (χ1n) is 5.34. The van der Waals surface area contributed by atoms with Gasteiger partial charge < -0.3 is 15.8 Å². The number of rotatable bonds is 5. The van der Waals surface area contributed by atoms with E-state index in [1.54, 1.807) is 7.11 Å². The Balaban J connectivity index is 4.02. The zero-order valence-electron chi connectivity index (χ0n) is 10.5. The van der Waals surface area contributed by atoms with E-state index in [2.05, 4.69) is 5.32 Å². The first-order valence-corrected chi connectivity index (χ1v) is 5.34. The van der Waals surface area contributed by atoms with Gasteiger partial charge in [0.25, 0.3) is 0 Å². The summed E-state index contributed by atoms with van der Waals surface area (Å²) in [5, 5.41) is 2.88. The van der Waals surface area contributed by atoms with Crippen molar-refractivity contribution < 1.29 is 9.53 Å². The quantitative estimate of drug-likeness (QED) is 0.717. The molecule has 0 bridgehead atoms. The number of carbonyl (C=O) groups excluding carboxylic acids is 1. The van der Waals surface area contributed by atoms with Gasteiger partial charge in [-0.05, 0) is 18.8 Å². The van der Waals surface area contributed by atoms with Crippen LogP contribution < -0.4 is 11.1 Å². The second-order valence-electron chi connectivity index (χ2n) is 5.03. The molecule has 0 aromatic heterocycles. The molecule has 0 aliphatic rings. The zero-order valence-corrected chi connectivity index (χ0v) is 10.5. The van der Waals surface area contributed by atoms with Crippen molar-refractivity contribution in [2.24, 2.45) is 11.1 Å². The molecule has 2 atom stereocenters. The van der Waals surface area contributed by atoms with Gasteiger partial charge in [-0.25, -0.2) is 0 Å². The number of nitrogens with two attached hydrogens (primary N) is 1. The summed E-state index contributed by atoms with van der Waals surface area (Å²) in [5.41, 5.74) is 5.62. The molecule has 0 radical (unpaired) electrons. The largest absolute Gasteiger partial charge is 0.385 e. The van der Waals surface area contributed by atoms with Gasteiger partial charge in [0.15, 0.2) is 0 Å². The second kappa shape index (κ2) is 6.08. The van der Waals surface area contributed by atoms with Crippen molar-refractivity contribution in [3.8, 4) is 0 Å². The first kappa shape index (κ1) is 14.4. The molecule has 15 heavy (non-hydrogen) atoms. The van der Waals surface area contributed by atoms with Crippen molar-refractivity contribution in [1.82, 2.24) is 5.32 Å². The van der Waals surface area contributed by atoms with Gasteiger partial charge in [0.2, 0.25) is 5.91 Å². The molecule has 0 aliphatic carbocycles. The number of hydrogen-bond donors (Lipinski definition) is 2. The second-order valence-corrected chi connectivity index (χ2v) is 5.03. The topological polar surface area (TPSA) is 64.3 Å². The van der Waals surface area contributed by atoms with Gasteiger partial charge in [0, 0.05) is 19.8 Å². The van der Waals surface area contributed by atoms with Crippen LogP contribution in [0.4, 0.5) is 0 Å². The van der Waals surface area contributed by atoms with Crippen LogP contribution in [0.15, 0.2) is 0 Å². The van der Waals surface area contributed by atoms with Crippen molar-refractivity contribution in [1.29, 1.82) is 0 Å². The molecule has 4 nitrogen and oxygen atoms in total. The van der Waals surface area contributed by atoms with Gasteiger partial charge >= 0.3 is 0 Å². The number of methoxy groups -OCH3 is 1. The summed E-state index contributed by atoms with van der Waals surface area (Å²) in [4.78, 5) is 11.7. The van der Waals surface area contributed by atoms with Crippen LogP contribution in [0.1, 0.15) is 34.1 Å². The molecule has 0 saturated heterocycles. The third-order valence-electron chi connectivity index (χ3n) is 2.36. The van der Waals surface area contributed by atoms with Gasteiger partial charge in [0.05, 0.1) is 6.04 Å². The highest BCUT2D eigenvalue weighted by molar-refractivity contribution is 5.82. The normalized spacial score (nSPS) is 15.9. The molecule has 0 aromatic carbocycles. The third-order valence-corrected chi connectivity index (χ3v) is 2.36. The lowest BCUT2D eigenvalue weighted by Crippen LogP contribution is -2.50. The van der Waals surface area contributed by atoms with Crippen LogP contribution >= 0.6 is 0 Å². The molecule has 3 N–H and O–H groups in total. The number of carbonyl (C=O) groups is 1. The summed E-state index contributed by atoms with van der Waals surface area (Å²) in [6, 6.07) is -0.367. The molecular formula is C11H24N2O2. The maximum Gasteiger partial charge on any atom is 0.237 e. The SMILES string of the molecule is COCCC(C)NC(=O)C(N)C(C)(C)C. The number of ether oxygens (including phenoxy) is 1. The van der Waals surface area contributed by atoms with E-state index in [9.17, 15) is 4.79 Å². The Hall–Kier alpha value is -0.610. The molecule has 0 aliphatic heterocycles. The average molecular weight is 216 g/mol. The van der Waals surface area contributed by atoms with E-state index in [1.165, 1.54) is 0 Å². The maximum atomic E-state index is 11.7. The van der Waals surface area contributed by atoms with E-state index in [0.717, 1.165) is 6.42 Å². The van der Waals surface area contributed by atoms with Crippen LogP contribution in [0.2, 0.25) is 0 Å². The fourth-order valence-electron chi connectivity index (χ4n) is 1.09. The van der Waals surface area contributed by atoms with E-state index in [4.69, 9.17) is 10.5 Å². The Morgan fingerprint density at radius 3 is 2.40 bits per heavy atom.